The Balaban J connectivity index is 1.74. The third-order valence-electron chi connectivity index (χ3n) is 2.77. The predicted octanol–water partition coefficient (Wildman–Crippen LogP) is 4.11. The zero-order valence-electron chi connectivity index (χ0n) is 10.8. The number of halogens is 2. The Kier molecular flexibility index (Phi) is 3.83. The van der Waals surface area contributed by atoms with Crippen LogP contribution in [0.15, 0.2) is 53.1 Å². The van der Waals surface area contributed by atoms with Crippen LogP contribution in [0.1, 0.15) is 5.89 Å². The van der Waals surface area contributed by atoms with Crippen LogP contribution in [0.25, 0.3) is 11.4 Å². The number of ether oxygens (including phenoxy) is 1. The molecule has 0 spiro atoms. The van der Waals surface area contributed by atoms with Crippen molar-refractivity contribution in [2.24, 2.45) is 0 Å². The summed E-state index contributed by atoms with van der Waals surface area (Å²) in [5, 5.41) is 4.37. The lowest BCUT2D eigenvalue weighted by molar-refractivity contribution is 0.234. The van der Waals surface area contributed by atoms with Gasteiger partial charge in [-0.15, -0.1) is 0 Å². The van der Waals surface area contributed by atoms with Gasteiger partial charge in [-0.1, -0.05) is 41.0 Å². The van der Waals surface area contributed by atoms with Crippen LogP contribution >= 0.6 is 11.6 Å². The summed E-state index contributed by atoms with van der Waals surface area (Å²) in [6, 6.07) is 13.3. The molecule has 0 amide bonds. The fourth-order valence-electron chi connectivity index (χ4n) is 1.77. The van der Waals surface area contributed by atoms with Gasteiger partial charge in [-0.2, -0.15) is 4.98 Å². The van der Waals surface area contributed by atoms with Crippen molar-refractivity contribution in [3.63, 3.8) is 0 Å². The third-order valence-corrected chi connectivity index (χ3v) is 3.10. The molecule has 4 nitrogen and oxygen atoms in total. The number of aromatic nitrogens is 2. The minimum atomic E-state index is -0.441. The highest BCUT2D eigenvalue weighted by molar-refractivity contribution is 6.33. The van der Waals surface area contributed by atoms with Gasteiger partial charge in [0.25, 0.3) is 5.89 Å². The first kappa shape index (κ1) is 13.6. The van der Waals surface area contributed by atoms with Gasteiger partial charge in [0.2, 0.25) is 5.82 Å². The van der Waals surface area contributed by atoms with Gasteiger partial charge in [-0.25, -0.2) is 4.39 Å². The molecule has 3 rings (SSSR count). The lowest BCUT2D eigenvalue weighted by Gasteiger charge is -2.03. The fourth-order valence-corrected chi connectivity index (χ4v) is 1.99. The summed E-state index contributed by atoms with van der Waals surface area (Å²) in [6.45, 7) is -0.0155. The molecule has 3 aromatic rings. The zero-order valence-corrected chi connectivity index (χ0v) is 11.5. The van der Waals surface area contributed by atoms with Crippen molar-refractivity contribution in [3.05, 3.63) is 65.3 Å². The van der Waals surface area contributed by atoms with E-state index < -0.39 is 5.82 Å². The monoisotopic (exact) mass is 304 g/mol. The highest BCUT2D eigenvalue weighted by Crippen LogP contribution is 2.25. The van der Waals surface area contributed by atoms with Gasteiger partial charge in [0, 0.05) is 5.56 Å². The van der Waals surface area contributed by atoms with Crippen molar-refractivity contribution < 1.29 is 13.7 Å². The van der Waals surface area contributed by atoms with E-state index in [4.69, 9.17) is 20.9 Å². The molecule has 0 aliphatic rings. The largest absolute Gasteiger partial charge is 0.481 e. The van der Waals surface area contributed by atoms with E-state index in [0.717, 1.165) is 0 Å². The Morgan fingerprint density at radius 1 is 1.10 bits per heavy atom. The Morgan fingerprint density at radius 3 is 2.67 bits per heavy atom. The standard InChI is InChI=1S/C15H10ClFN2O2/c16-11-6-2-1-5-10(11)15-18-14(21-19-15)9-20-13-8-4-3-7-12(13)17/h1-8H,9H2. The number of hydrogen-bond acceptors (Lipinski definition) is 4. The minimum Gasteiger partial charge on any atom is -0.481 e. The molecule has 0 aliphatic carbocycles. The molecule has 0 N–H and O–H groups in total. The zero-order chi connectivity index (χ0) is 14.7. The average Bonchev–Trinajstić information content (AvgIpc) is 2.96. The van der Waals surface area contributed by atoms with Gasteiger partial charge in [0.1, 0.15) is 0 Å². The van der Waals surface area contributed by atoms with E-state index in [0.29, 0.717) is 16.4 Å². The summed E-state index contributed by atoms with van der Waals surface area (Å²) >= 11 is 6.06. The predicted molar refractivity (Wildman–Crippen MR) is 75.5 cm³/mol. The Labute approximate surface area is 125 Å². The van der Waals surface area contributed by atoms with Crippen molar-refractivity contribution in [1.29, 1.82) is 0 Å². The van der Waals surface area contributed by atoms with Gasteiger partial charge in [0.05, 0.1) is 5.02 Å². The third kappa shape index (κ3) is 3.03. The molecule has 0 radical (unpaired) electrons. The second-order valence-electron chi connectivity index (χ2n) is 4.21. The molecule has 2 aromatic carbocycles. The molecule has 1 heterocycles. The molecule has 1 aromatic heterocycles. The van der Waals surface area contributed by atoms with Crippen LogP contribution < -0.4 is 4.74 Å². The minimum absolute atomic E-state index is 0.0155. The maximum atomic E-state index is 13.4. The Morgan fingerprint density at radius 2 is 1.86 bits per heavy atom. The second kappa shape index (κ2) is 5.93. The van der Waals surface area contributed by atoms with Crippen LogP contribution in [0.4, 0.5) is 4.39 Å². The highest BCUT2D eigenvalue weighted by Gasteiger charge is 2.12. The molecule has 0 saturated carbocycles. The lowest BCUT2D eigenvalue weighted by Crippen LogP contribution is -1.97. The number of hydrogen-bond donors (Lipinski definition) is 0. The van der Waals surface area contributed by atoms with Crippen LogP contribution in [0, 0.1) is 5.82 Å². The van der Waals surface area contributed by atoms with E-state index in [9.17, 15) is 4.39 Å². The van der Waals surface area contributed by atoms with Crippen molar-refractivity contribution >= 4 is 11.6 Å². The molecule has 0 unspecified atom stereocenters. The number of rotatable bonds is 4. The van der Waals surface area contributed by atoms with Crippen LogP contribution in [0.2, 0.25) is 5.02 Å². The van der Waals surface area contributed by atoms with E-state index in [1.165, 1.54) is 12.1 Å². The van der Waals surface area contributed by atoms with Crippen molar-refractivity contribution in [3.8, 4) is 17.1 Å². The molecule has 0 bridgehead atoms. The average molecular weight is 305 g/mol. The van der Waals surface area contributed by atoms with E-state index >= 15 is 0 Å². The summed E-state index contributed by atoms with van der Waals surface area (Å²) in [5.74, 6) is 0.305. The number of benzene rings is 2. The molecule has 0 atom stereocenters. The highest BCUT2D eigenvalue weighted by atomic mass is 35.5. The molecule has 0 saturated heterocycles. The molecule has 21 heavy (non-hydrogen) atoms. The normalized spacial score (nSPS) is 10.6. The van der Waals surface area contributed by atoms with Gasteiger partial charge >= 0.3 is 0 Å². The van der Waals surface area contributed by atoms with E-state index in [-0.39, 0.29) is 18.2 Å². The van der Waals surface area contributed by atoms with Crippen LogP contribution in [-0.2, 0) is 6.61 Å². The molecule has 0 aliphatic heterocycles. The molecular weight excluding hydrogens is 295 g/mol. The molecule has 106 valence electrons. The Bertz CT molecular complexity index is 761. The van der Waals surface area contributed by atoms with E-state index in [2.05, 4.69) is 10.1 Å². The van der Waals surface area contributed by atoms with Crippen LogP contribution in [-0.4, -0.2) is 10.1 Å². The fraction of sp³-hybridized carbons (Fsp3) is 0.0667. The quantitative estimate of drug-likeness (QED) is 0.728. The summed E-state index contributed by atoms with van der Waals surface area (Å²) in [7, 11) is 0. The maximum absolute atomic E-state index is 13.4. The van der Waals surface area contributed by atoms with Crippen molar-refractivity contribution in [2.45, 2.75) is 6.61 Å². The molecule has 6 heteroatoms. The van der Waals surface area contributed by atoms with Crippen LogP contribution in [0.3, 0.4) is 0 Å². The first-order chi connectivity index (χ1) is 10.2. The number of nitrogens with zero attached hydrogens (tertiary/aromatic N) is 2. The maximum Gasteiger partial charge on any atom is 0.264 e. The van der Waals surface area contributed by atoms with Gasteiger partial charge in [-0.3, -0.25) is 0 Å². The molecule has 0 fully saturated rings. The lowest BCUT2D eigenvalue weighted by atomic mass is 10.2. The van der Waals surface area contributed by atoms with Gasteiger partial charge in [0.15, 0.2) is 18.2 Å². The summed E-state index contributed by atoms with van der Waals surface area (Å²) in [5.41, 5.74) is 0.667. The first-order valence-electron chi connectivity index (χ1n) is 6.19. The summed E-state index contributed by atoms with van der Waals surface area (Å²) < 4.78 is 23.8. The smallest absolute Gasteiger partial charge is 0.264 e. The number of para-hydroxylation sites is 1. The van der Waals surface area contributed by atoms with Crippen molar-refractivity contribution in [2.75, 3.05) is 0 Å². The SMILES string of the molecule is Fc1ccccc1OCc1nc(-c2ccccc2Cl)no1. The Hall–Kier alpha value is -2.40. The molecular formula is C15H10ClFN2O2. The van der Waals surface area contributed by atoms with E-state index in [1.807, 2.05) is 12.1 Å². The van der Waals surface area contributed by atoms with E-state index in [1.54, 1.807) is 24.3 Å². The first-order valence-corrected chi connectivity index (χ1v) is 6.56. The van der Waals surface area contributed by atoms with Crippen LogP contribution in [0.5, 0.6) is 5.75 Å². The van der Waals surface area contributed by atoms with Gasteiger partial charge < -0.3 is 9.26 Å². The van der Waals surface area contributed by atoms with Crippen molar-refractivity contribution in [1.82, 2.24) is 10.1 Å². The topological polar surface area (TPSA) is 48.2 Å². The van der Waals surface area contributed by atoms with Gasteiger partial charge in [-0.05, 0) is 24.3 Å². The summed E-state index contributed by atoms with van der Waals surface area (Å²) in [4.78, 5) is 4.18. The summed E-state index contributed by atoms with van der Waals surface area (Å²) in [6.07, 6.45) is 0. The second-order valence-corrected chi connectivity index (χ2v) is 4.62.